The number of amides is 1. The number of pyridine rings is 1. The van der Waals surface area contributed by atoms with Crippen LogP contribution in [0.4, 0.5) is 0 Å². The summed E-state index contributed by atoms with van der Waals surface area (Å²) in [6, 6.07) is 13.2. The number of ketones is 1. The number of ether oxygens (including phenoxy) is 1. The van der Waals surface area contributed by atoms with Gasteiger partial charge in [-0.2, -0.15) is 0 Å². The van der Waals surface area contributed by atoms with Gasteiger partial charge in [-0.25, -0.2) is 4.79 Å². The fraction of sp³-hybridized carbons (Fsp3) is 0.541. The smallest absolute Gasteiger partial charge is 0.328 e. The monoisotopic (exact) mass is 637 g/mol. The van der Waals surface area contributed by atoms with E-state index in [9.17, 15) is 14.4 Å². The molecule has 8 heteroatoms. The van der Waals surface area contributed by atoms with E-state index in [1.807, 2.05) is 34.9 Å². The van der Waals surface area contributed by atoms with E-state index in [1.54, 1.807) is 11.0 Å². The molecule has 1 saturated heterocycles. The zero-order valence-corrected chi connectivity index (χ0v) is 28.5. The van der Waals surface area contributed by atoms with Crippen LogP contribution < -0.4 is 0 Å². The largest absolute Gasteiger partial charge is 0.467 e. The van der Waals surface area contributed by atoms with Crippen molar-refractivity contribution in [1.82, 2.24) is 14.2 Å². The number of hydrogen-bond donors (Lipinski definition) is 0. The van der Waals surface area contributed by atoms with Gasteiger partial charge in [0.2, 0.25) is 5.78 Å². The number of aryl methyl sites for hydroxylation is 2. The third-order valence-electron chi connectivity index (χ3n) is 8.91. The van der Waals surface area contributed by atoms with Crippen LogP contribution in [0.15, 0.2) is 48.7 Å². The number of hydrogen-bond acceptors (Lipinski definition) is 5. The molecule has 0 spiro atoms. The molecule has 1 atom stereocenters. The summed E-state index contributed by atoms with van der Waals surface area (Å²) in [5, 5.41) is 0. The number of nitrogens with zero attached hydrogens (tertiary/aromatic N) is 3. The fourth-order valence-corrected chi connectivity index (χ4v) is 6.30. The van der Waals surface area contributed by atoms with Crippen LogP contribution in [-0.4, -0.2) is 71.2 Å². The average Bonchev–Trinajstić information content (AvgIpc) is 3.69. The Morgan fingerprint density at radius 3 is 2.16 bits per heavy atom. The van der Waals surface area contributed by atoms with Gasteiger partial charge < -0.3 is 18.9 Å². The zero-order chi connectivity index (χ0) is 31.5. The van der Waals surface area contributed by atoms with Crippen molar-refractivity contribution in [3.8, 4) is 0 Å². The number of methoxy groups -OCH3 is 1. The lowest BCUT2D eigenvalue weighted by molar-refractivity contribution is -0.145. The number of carbonyl (C=O) groups excluding carboxylic acids is 3. The van der Waals surface area contributed by atoms with E-state index in [0.29, 0.717) is 29.8 Å². The first kappa shape index (κ1) is 36.3. The van der Waals surface area contributed by atoms with Crippen molar-refractivity contribution >= 4 is 35.6 Å². The van der Waals surface area contributed by atoms with E-state index < -0.39 is 6.04 Å². The molecular formula is C37H52ClN3O4. The molecule has 0 N–H and O–H groups in total. The Hall–Kier alpha value is -3.16. The normalized spacial score (nSPS) is 14.6. The van der Waals surface area contributed by atoms with E-state index >= 15 is 0 Å². The van der Waals surface area contributed by atoms with Gasteiger partial charge in [-0.1, -0.05) is 64.3 Å². The minimum absolute atomic E-state index is 0. The van der Waals surface area contributed by atoms with Gasteiger partial charge >= 0.3 is 5.97 Å². The van der Waals surface area contributed by atoms with E-state index in [-0.39, 0.29) is 30.1 Å². The molecule has 3 heterocycles. The number of esters is 1. The lowest BCUT2D eigenvalue weighted by atomic mass is 10.00. The summed E-state index contributed by atoms with van der Waals surface area (Å²) in [7, 11) is 1.36. The van der Waals surface area contributed by atoms with Gasteiger partial charge in [-0.3, -0.25) is 9.59 Å². The second-order valence-electron chi connectivity index (χ2n) is 12.2. The van der Waals surface area contributed by atoms with E-state index in [4.69, 9.17) is 4.74 Å². The molecule has 1 aliphatic rings. The lowest BCUT2D eigenvalue weighted by Gasteiger charge is -2.22. The van der Waals surface area contributed by atoms with E-state index in [2.05, 4.69) is 37.8 Å². The number of halogens is 1. The molecule has 1 aromatic carbocycles. The van der Waals surface area contributed by atoms with Crippen molar-refractivity contribution in [1.29, 1.82) is 0 Å². The third-order valence-corrected chi connectivity index (χ3v) is 8.91. The Bertz CT molecular complexity index is 1390. The Labute approximate surface area is 275 Å². The highest BCUT2D eigenvalue weighted by atomic mass is 35.5. The number of unbranched alkanes of at least 4 members (excludes halogenated alkanes) is 3. The van der Waals surface area contributed by atoms with Crippen LogP contribution in [0.5, 0.6) is 0 Å². The minimum Gasteiger partial charge on any atom is -0.467 e. The highest BCUT2D eigenvalue weighted by Gasteiger charge is 2.35. The molecule has 246 valence electrons. The molecule has 45 heavy (non-hydrogen) atoms. The molecule has 3 aromatic rings. The molecule has 1 amide bonds. The number of aromatic nitrogens is 1. The number of carbonyl (C=O) groups is 3. The van der Waals surface area contributed by atoms with Crippen molar-refractivity contribution in [2.75, 3.05) is 33.3 Å². The van der Waals surface area contributed by atoms with Crippen LogP contribution in [0, 0.1) is 0 Å². The molecule has 0 saturated carbocycles. The van der Waals surface area contributed by atoms with Crippen molar-refractivity contribution in [2.24, 2.45) is 0 Å². The number of benzene rings is 1. The lowest BCUT2D eigenvalue weighted by Crippen LogP contribution is -2.41. The van der Waals surface area contributed by atoms with Crippen LogP contribution in [0.1, 0.15) is 116 Å². The van der Waals surface area contributed by atoms with Gasteiger partial charge in [-0.05, 0) is 100 Å². The Morgan fingerprint density at radius 1 is 0.844 bits per heavy atom. The first-order chi connectivity index (χ1) is 21.4. The van der Waals surface area contributed by atoms with Crippen molar-refractivity contribution in [3.05, 3.63) is 76.6 Å². The van der Waals surface area contributed by atoms with Crippen LogP contribution >= 0.6 is 12.4 Å². The van der Waals surface area contributed by atoms with Crippen LogP contribution in [-0.2, 0) is 22.4 Å². The summed E-state index contributed by atoms with van der Waals surface area (Å²) in [6.07, 6.45) is 13.1. The van der Waals surface area contributed by atoms with Gasteiger partial charge in [0.1, 0.15) is 6.04 Å². The quantitative estimate of drug-likeness (QED) is 0.113. The summed E-state index contributed by atoms with van der Waals surface area (Å²) < 4.78 is 6.85. The molecule has 4 rings (SSSR count). The van der Waals surface area contributed by atoms with Crippen molar-refractivity contribution in [3.63, 3.8) is 0 Å². The minimum atomic E-state index is -0.545. The van der Waals surface area contributed by atoms with Gasteiger partial charge in [0.15, 0.2) is 0 Å². The molecule has 1 fully saturated rings. The van der Waals surface area contributed by atoms with Crippen LogP contribution in [0.25, 0.3) is 5.52 Å². The van der Waals surface area contributed by atoms with Crippen molar-refractivity contribution < 1.29 is 19.1 Å². The maximum atomic E-state index is 13.9. The first-order valence-electron chi connectivity index (χ1n) is 16.8. The maximum absolute atomic E-state index is 13.9. The van der Waals surface area contributed by atoms with E-state index in [0.717, 1.165) is 56.1 Å². The summed E-state index contributed by atoms with van der Waals surface area (Å²) >= 11 is 0. The topological polar surface area (TPSA) is 71.3 Å². The summed E-state index contributed by atoms with van der Waals surface area (Å²) in [5.74, 6) is -0.558. The Kier molecular flexibility index (Phi) is 14.6. The second kappa shape index (κ2) is 18.1. The highest BCUT2D eigenvalue weighted by Crippen LogP contribution is 2.26. The SMILES string of the molecule is CCCCc1cc2cc(C(=O)N3CCC[C@H]3C(=O)OC)ccn2c1C(=O)c1ccc(CCCN(CCCC)CCCC)cc1.Cl. The summed E-state index contributed by atoms with van der Waals surface area (Å²) in [6.45, 7) is 10.6. The predicted octanol–water partition coefficient (Wildman–Crippen LogP) is 7.55. The molecule has 0 aliphatic carbocycles. The van der Waals surface area contributed by atoms with Crippen LogP contribution in [0.2, 0.25) is 0 Å². The number of fused-ring (bicyclic) bond motifs is 1. The second-order valence-corrected chi connectivity index (χ2v) is 12.2. The predicted molar refractivity (Wildman–Crippen MR) is 184 cm³/mol. The van der Waals surface area contributed by atoms with Gasteiger partial charge in [0.25, 0.3) is 5.91 Å². The number of likely N-dealkylation sites (tertiary alicyclic amines) is 1. The fourth-order valence-electron chi connectivity index (χ4n) is 6.30. The summed E-state index contributed by atoms with van der Waals surface area (Å²) in [5.41, 5.74) is 4.92. The van der Waals surface area contributed by atoms with Gasteiger partial charge in [-0.15, -0.1) is 12.4 Å². The standard InChI is InChI=1S/C37H51N3O4.ClH/c1-5-8-14-30-26-32-27-31(36(42)40-24-12-15-33(40)37(43)44-4)20-25-39(32)34(30)35(41)29-18-16-28(17-19-29)13-11-23-38(21-9-6-2)22-10-7-3;/h16-20,25-27,33H,5-15,21-24H2,1-4H3;1H/t33-;/m0./s1. The molecule has 7 nitrogen and oxygen atoms in total. The summed E-state index contributed by atoms with van der Waals surface area (Å²) in [4.78, 5) is 43.8. The Morgan fingerprint density at radius 2 is 1.51 bits per heavy atom. The first-order valence-corrected chi connectivity index (χ1v) is 16.8. The molecule has 0 unspecified atom stereocenters. The molecular weight excluding hydrogens is 586 g/mol. The highest BCUT2D eigenvalue weighted by molar-refractivity contribution is 6.10. The van der Waals surface area contributed by atoms with E-state index in [1.165, 1.54) is 51.4 Å². The van der Waals surface area contributed by atoms with Crippen LogP contribution in [0.3, 0.4) is 0 Å². The zero-order valence-electron chi connectivity index (χ0n) is 27.7. The molecule has 2 aromatic heterocycles. The molecule has 1 aliphatic heterocycles. The maximum Gasteiger partial charge on any atom is 0.328 e. The third kappa shape index (κ3) is 9.20. The Balaban J connectivity index is 0.00000552. The van der Waals surface area contributed by atoms with Gasteiger partial charge in [0.05, 0.1) is 12.8 Å². The van der Waals surface area contributed by atoms with Gasteiger partial charge in [0, 0.05) is 29.4 Å². The molecule has 0 bridgehead atoms. The number of rotatable bonds is 17. The van der Waals surface area contributed by atoms with Crippen molar-refractivity contribution in [2.45, 2.75) is 97.4 Å². The molecule has 0 radical (unpaired) electrons. The average molecular weight is 638 g/mol.